The largest absolute Gasteiger partial charge is 0.336 e. The fourth-order valence-electron chi connectivity index (χ4n) is 4.96. The third-order valence-electron chi connectivity index (χ3n) is 6.61. The molecule has 0 unspecified atom stereocenters. The number of carbonyl (C=O) groups is 1. The van der Waals surface area contributed by atoms with Gasteiger partial charge in [0.25, 0.3) is 0 Å². The van der Waals surface area contributed by atoms with Crippen LogP contribution in [0.4, 0.5) is 0 Å². The van der Waals surface area contributed by atoms with Gasteiger partial charge in [-0.15, -0.1) is 12.4 Å². The highest BCUT2D eigenvalue weighted by Gasteiger charge is 2.46. The smallest absolute Gasteiger partial charge is 0.226 e. The predicted octanol–water partition coefficient (Wildman–Crippen LogP) is 4.03. The van der Waals surface area contributed by atoms with Crippen molar-refractivity contribution in [1.29, 1.82) is 0 Å². The van der Waals surface area contributed by atoms with Crippen molar-refractivity contribution in [3.63, 3.8) is 0 Å². The summed E-state index contributed by atoms with van der Waals surface area (Å²) in [5.41, 5.74) is 8.80. The normalized spacial score (nSPS) is 31.1. The minimum absolute atomic E-state index is 0. The van der Waals surface area contributed by atoms with Crippen molar-refractivity contribution in [3.05, 3.63) is 35.4 Å². The van der Waals surface area contributed by atoms with E-state index in [9.17, 15) is 4.79 Å². The minimum atomic E-state index is 0. The molecule has 1 amide bonds. The lowest BCUT2D eigenvalue weighted by Crippen LogP contribution is -2.51. The molecule has 4 rings (SSSR count). The van der Waals surface area contributed by atoms with E-state index in [0.29, 0.717) is 36.4 Å². The topological polar surface area (TPSA) is 46.3 Å². The van der Waals surface area contributed by atoms with Crippen molar-refractivity contribution in [2.75, 3.05) is 6.54 Å². The predicted molar refractivity (Wildman–Crippen MR) is 104 cm³/mol. The third-order valence-corrected chi connectivity index (χ3v) is 6.61. The van der Waals surface area contributed by atoms with Gasteiger partial charge in [0.2, 0.25) is 5.91 Å². The molecule has 0 aliphatic heterocycles. The molecular weight excluding hydrogens is 332 g/mol. The van der Waals surface area contributed by atoms with E-state index in [1.807, 2.05) is 0 Å². The zero-order valence-corrected chi connectivity index (χ0v) is 16.0. The van der Waals surface area contributed by atoms with E-state index in [0.717, 1.165) is 25.7 Å². The van der Waals surface area contributed by atoms with E-state index in [-0.39, 0.29) is 18.3 Å². The van der Waals surface area contributed by atoms with Gasteiger partial charge in [0.1, 0.15) is 0 Å². The van der Waals surface area contributed by atoms with E-state index in [4.69, 9.17) is 5.73 Å². The van der Waals surface area contributed by atoms with Gasteiger partial charge in [0.15, 0.2) is 0 Å². The summed E-state index contributed by atoms with van der Waals surface area (Å²) in [6, 6.07) is 9.72. The van der Waals surface area contributed by atoms with Gasteiger partial charge < -0.3 is 10.6 Å². The highest BCUT2D eigenvalue weighted by atomic mass is 35.5. The van der Waals surface area contributed by atoms with Gasteiger partial charge in [-0.2, -0.15) is 0 Å². The van der Waals surface area contributed by atoms with Gasteiger partial charge in [-0.05, 0) is 75.0 Å². The van der Waals surface area contributed by atoms with E-state index in [2.05, 4.69) is 36.1 Å². The molecule has 4 heteroatoms. The zero-order chi connectivity index (χ0) is 16.7. The first-order chi connectivity index (χ1) is 11.7. The quantitative estimate of drug-likeness (QED) is 0.859. The summed E-state index contributed by atoms with van der Waals surface area (Å²) in [5, 5.41) is 0. The number of halogens is 1. The lowest BCUT2D eigenvalue weighted by Gasteiger charge is -2.45. The summed E-state index contributed by atoms with van der Waals surface area (Å²) in [6.45, 7) is 2.88. The summed E-state index contributed by atoms with van der Waals surface area (Å²) in [5.74, 6) is 1.69. The van der Waals surface area contributed by atoms with Gasteiger partial charge in [-0.25, -0.2) is 0 Å². The van der Waals surface area contributed by atoms with Gasteiger partial charge in [0.05, 0.1) is 0 Å². The maximum Gasteiger partial charge on any atom is 0.226 e. The maximum absolute atomic E-state index is 13.2. The Labute approximate surface area is 157 Å². The van der Waals surface area contributed by atoms with Crippen LogP contribution in [0.15, 0.2) is 24.3 Å². The molecule has 3 saturated carbocycles. The standard InChI is InChI=1S/C21H30N2O.ClH/c1-14-5-2-3-7-19(14)16-11-18(12-16)23(17-9-10-17)21(24)20-8-4-6-15(20)13-22;/h2-3,5,7,15-18,20H,4,6,8-13,22H2,1H3;1H/t15-,16?,18?,20-;/m1./s1. The van der Waals surface area contributed by atoms with Crippen LogP contribution in [-0.4, -0.2) is 29.4 Å². The summed E-state index contributed by atoms with van der Waals surface area (Å²) in [7, 11) is 0. The molecule has 2 atom stereocenters. The molecule has 138 valence electrons. The average molecular weight is 363 g/mol. The van der Waals surface area contributed by atoms with Crippen molar-refractivity contribution >= 4 is 18.3 Å². The zero-order valence-electron chi connectivity index (χ0n) is 15.2. The van der Waals surface area contributed by atoms with Crippen LogP contribution in [0.25, 0.3) is 0 Å². The number of hydrogen-bond donors (Lipinski definition) is 1. The Balaban J connectivity index is 0.00000182. The Bertz CT molecular complexity index is 610. The maximum atomic E-state index is 13.2. The molecule has 0 bridgehead atoms. The highest BCUT2D eigenvalue weighted by Crippen LogP contribution is 2.46. The van der Waals surface area contributed by atoms with Crippen LogP contribution in [0.5, 0.6) is 0 Å². The van der Waals surface area contributed by atoms with Gasteiger partial charge >= 0.3 is 0 Å². The molecule has 3 nitrogen and oxygen atoms in total. The number of aryl methyl sites for hydroxylation is 1. The number of rotatable bonds is 5. The summed E-state index contributed by atoms with van der Waals surface area (Å²) >= 11 is 0. The van der Waals surface area contributed by atoms with E-state index < -0.39 is 0 Å². The molecular formula is C21H31ClN2O. The molecule has 3 aliphatic carbocycles. The first-order valence-corrected chi connectivity index (χ1v) is 9.76. The van der Waals surface area contributed by atoms with E-state index >= 15 is 0 Å². The van der Waals surface area contributed by atoms with Gasteiger partial charge in [-0.3, -0.25) is 4.79 Å². The van der Waals surface area contributed by atoms with Crippen molar-refractivity contribution in [2.45, 2.75) is 69.9 Å². The monoisotopic (exact) mass is 362 g/mol. The Morgan fingerprint density at radius 2 is 1.84 bits per heavy atom. The average Bonchev–Trinajstić information content (AvgIpc) is 3.26. The molecule has 2 N–H and O–H groups in total. The second kappa shape index (κ2) is 7.67. The fourth-order valence-corrected chi connectivity index (χ4v) is 4.96. The fraction of sp³-hybridized carbons (Fsp3) is 0.667. The Hall–Kier alpha value is -1.06. The van der Waals surface area contributed by atoms with Crippen molar-refractivity contribution in [2.24, 2.45) is 17.6 Å². The number of benzene rings is 1. The number of amides is 1. The van der Waals surface area contributed by atoms with E-state index in [1.54, 1.807) is 0 Å². The number of nitrogens with zero attached hydrogens (tertiary/aromatic N) is 1. The Morgan fingerprint density at radius 3 is 2.48 bits per heavy atom. The molecule has 3 aliphatic rings. The highest BCUT2D eigenvalue weighted by molar-refractivity contribution is 5.85. The SMILES string of the molecule is Cc1ccccc1C1CC(N(C(=O)[C@@H]2CCC[C@@H]2CN)C2CC2)C1.Cl. The molecule has 0 spiro atoms. The molecule has 3 fully saturated rings. The molecule has 1 aromatic rings. The van der Waals surface area contributed by atoms with Gasteiger partial charge in [0, 0.05) is 18.0 Å². The number of nitrogens with two attached hydrogens (primary N) is 1. The summed E-state index contributed by atoms with van der Waals surface area (Å²) in [6.07, 6.45) is 8.07. The number of hydrogen-bond acceptors (Lipinski definition) is 2. The van der Waals surface area contributed by atoms with Crippen LogP contribution in [0, 0.1) is 18.8 Å². The molecule has 0 radical (unpaired) electrons. The van der Waals surface area contributed by atoms with Crippen molar-refractivity contribution < 1.29 is 4.79 Å². The van der Waals surface area contributed by atoms with E-state index in [1.165, 1.54) is 30.4 Å². The van der Waals surface area contributed by atoms with Crippen LogP contribution in [0.2, 0.25) is 0 Å². The Morgan fingerprint density at radius 1 is 1.12 bits per heavy atom. The van der Waals surface area contributed by atoms with Crippen LogP contribution in [0.3, 0.4) is 0 Å². The van der Waals surface area contributed by atoms with Gasteiger partial charge in [-0.1, -0.05) is 30.7 Å². The Kier molecular flexibility index (Phi) is 5.75. The van der Waals surface area contributed by atoms with Crippen LogP contribution in [-0.2, 0) is 4.79 Å². The minimum Gasteiger partial charge on any atom is -0.336 e. The third kappa shape index (κ3) is 3.59. The second-order valence-electron chi connectivity index (χ2n) is 8.19. The van der Waals surface area contributed by atoms with Crippen molar-refractivity contribution in [3.8, 4) is 0 Å². The lowest BCUT2D eigenvalue weighted by atomic mass is 9.73. The summed E-state index contributed by atoms with van der Waals surface area (Å²) in [4.78, 5) is 15.5. The molecule has 0 heterocycles. The molecule has 0 saturated heterocycles. The second-order valence-corrected chi connectivity index (χ2v) is 8.19. The first kappa shape index (κ1) is 18.7. The molecule has 0 aromatic heterocycles. The first-order valence-electron chi connectivity index (χ1n) is 9.76. The van der Waals surface area contributed by atoms with Crippen LogP contribution >= 0.6 is 12.4 Å². The molecule has 25 heavy (non-hydrogen) atoms. The molecule has 1 aromatic carbocycles. The number of carbonyl (C=O) groups excluding carboxylic acids is 1. The van der Waals surface area contributed by atoms with Crippen LogP contribution in [0.1, 0.15) is 62.0 Å². The van der Waals surface area contributed by atoms with Crippen LogP contribution < -0.4 is 5.73 Å². The lowest BCUT2D eigenvalue weighted by molar-refractivity contribution is -0.142. The summed E-state index contributed by atoms with van der Waals surface area (Å²) < 4.78 is 0. The van der Waals surface area contributed by atoms with Crippen molar-refractivity contribution in [1.82, 2.24) is 4.90 Å².